The molecule has 4 nitrogen and oxygen atoms in total. The van der Waals surface area contributed by atoms with E-state index in [2.05, 4.69) is 0 Å². The van der Waals surface area contributed by atoms with Crippen LogP contribution in [0, 0.1) is 0 Å². The Balaban J connectivity index is 3.07. The van der Waals surface area contributed by atoms with Gasteiger partial charge in [0.15, 0.2) is 17.3 Å². The van der Waals surface area contributed by atoms with E-state index in [1.807, 2.05) is 32.0 Å². The third-order valence-corrected chi connectivity index (χ3v) is 3.08. The van der Waals surface area contributed by atoms with Crippen molar-refractivity contribution in [1.82, 2.24) is 4.90 Å². The smallest absolute Gasteiger partial charge is 0.164 e. The first kappa shape index (κ1) is 15.5. The molecule has 0 saturated heterocycles. The highest BCUT2D eigenvalue weighted by Gasteiger charge is 2.15. The Morgan fingerprint density at radius 1 is 1.16 bits per heavy atom. The summed E-state index contributed by atoms with van der Waals surface area (Å²) in [6.07, 6.45) is 1.30. The van der Waals surface area contributed by atoms with Crippen LogP contribution >= 0.6 is 0 Å². The molecule has 0 spiro atoms. The number of Topliss-reactive ketones (excluding diaryl/α,β-unsaturated/α-hetero) is 1. The van der Waals surface area contributed by atoms with Gasteiger partial charge in [-0.1, -0.05) is 6.92 Å². The molecule has 0 fully saturated rings. The number of rotatable bonds is 7. The Hall–Kier alpha value is -1.55. The van der Waals surface area contributed by atoms with Crippen molar-refractivity contribution in [1.29, 1.82) is 0 Å². The third kappa shape index (κ3) is 3.96. The lowest BCUT2D eigenvalue weighted by Crippen LogP contribution is -2.17. The number of nitrogens with zero attached hydrogens (tertiary/aromatic N) is 1. The SMILES string of the molecule is CCc1cc(OC)c(OC)cc1C(=O)CCN(C)C. The molecule has 0 aromatic heterocycles. The van der Waals surface area contributed by atoms with E-state index < -0.39 is 0 Å². The molecule has 0 radical (unpaired) electrons. The number of hydrogen-bond acceptors (Lipinski definition) is 4. The first-order chi connectivity index (χ1) is 9.03. The highest BCUT2D eigenvalue weighted by molar-refractivity contribution is 5.98. The van der Waals surface area contributed by atoms with E-state index in [1.165, 1.54) is 0 Å². The van der Waals surface area contributed by atoms with Crippen molar-refractivity contribution in [2.45, 2.75) is 19.8 Å². The van der Waals surface area contributed by atoms with Crippen LogP contribution in [0.4, 0.5) is 0 Å². The molecular weight excluding hydrogens is 242 g/mol. The first-order valence-electron chi connectivity index (χ1n) is 6.46. The lowest BCUT2D eigenvalue weighted by atomic mass is 9.98. The molecule has 0 bridgehead atoms. The van der Waals surface area contributed by atoms with Gasteiger partial charge in [0, 0.05) is 18.5 Å². The number of ether oxygens (including phenoxy) is 2. The number of aryl methyl sites for hydroxylation is 1. The van der Waals surface area contributed by atoms with Crippen LogP contribution < -0.4 is 9.47 Å². The van der Waals surface area contributed by atoms with Gasteiger partial charge in [0.05, 0.1) is 14.2 Å². The van der Waals surface area contributed by atoms with Crippen LogP contribution in [0.1, 0.15) is 29.3 Å². The second-order valence-electron chi connectivity index (χ2n) is 4.69. The maximum Gasteiger partial charge on any atom is 0.164 e. The molecule has 0 amide bonds. The molecule has 0 unspecified atom stereocenters. The van der Waals surface area contributed by atoms with Crippen LogP contribution in [0.3, 0.4) is 0 Å². The zero-order chi connectivity index (χ0) is 14.4. The van der Waals surface area contributed by atoms with Gasteiger partial charge in [-0.25, -0.2) is 0 Å². The van der Waals surface area contributed by atoms with Gasteiger partial charge in [-0.2, -0.15) is 0 Å². The van der Waals surface area contributed by atoms with Gasteiger partial charge < -0.3 is 14.4 Å². The fourth-order valence-electron chi connectivity index (χ4n) is 1.93. The van der Waals surface area contributed by atoms with Gasteiger partial charge in [0.2, 0.25) is 0 Å². The molecule has 0 aliphatic carbocycles. The first-order valence-corrected chi connectivity index (χ1v) is 6.46. The minimum atomic E-state index is 0.145. The van der Waals surface area contributed by atoms with E-state index in [-0.39, 0.29) is 5.78 Å². The Labute approximate surface area is 115 Å². The van der Waals surface area contributed by atoms with Crippen molar-refractivity contribution < 1.29 is 14.3 Å². The molecule has 0 N–H and O–H groups in total. The zero-order valence-corrected chi connectivity index (χ0v) is 12.4. The van der Waals surface area contributed by atoms with Crippen molar-refractivity contribution >= 4 is 5.78 Å². The van der Waals surface area contributed by atoms with Gasteiger partial charge in [0.1, 0.15) is 0 Å². The lowest BCUT2D eigenvalue weighted by Gasteiger charge is -2.14. The summed E-state index contributed by atoms with van der Waals surface area (Å²) in [7, 11) is 7.10. The van der Waals surface area contributed by atoms with Crippen LogP contribution in [-0.4, -0.2) is 45.5 Å². The van der Waals surface area contributed by atoms with Crippen LogP contribution in [0.2, 0.25) is 0 Å². The summed E-state index contributed by atoms with van der Waals surface area (Å²) in [6.45, 7) is 2.78. The molecular formula is C15H23NO3. The second-order valence-corrected chi connectivity index (χ2v) is 4.69. The van der Waals surface area contributed by atoms with Crippen molar-refractivity contribution in [2.75, 3.05) is 34.9 Å². The van der Waals surface area contributed by atoms with Gasteiger partial charge in [-0.3, -0.25) is 4.79 Å². The van der Waals surface area contributed by atoms with E-state index in [4.69, 9.17) is 9.47 Å². The number of hydrogen-bond donors (Lipinski definition) is 0. The fourth-order valence-corrected chi connectivity index (χ4v) is 1.93. The van der Waals surface area contributed by atoms with Crippen LogP contribution in [0.25, 0.3) is 0 Å². The second kappa shape index (κ2) is 7.14. The molecule has 1 rings (SSSR count). The maximum absolute atomic E-state index is 12.3. The third-order valence-electron chi connectivity index (χ3n) is 3.08. The topological polar surface area (TPSA) is 38.8 Å². The molecule has 0 atom stereocenters. The largest absolute Gasteiger partial charge is 0.493 e. The number of carbonyl (C=O) groups is 1. The van der Waals surface area contributed by atoms with Crippen LogP contribution in [-0.2, 0) is 6.42 Å². The lowest BCUT2D eigenvalue weighted by molar-refractivity contribution is 0.0971. The van der Waals surface area contributed by atoms with Gasteiger partial charge in [-0.05, 0) is 38.2 Å². The highest BCUT2D eigenvalue weighted by Crippen LogP contribution is 2.31. The fraction of sp³-hybridized carbons (Fsp3) is 0.533. The van der Waals surface area contributed by atoms with E-state index in [0.29, 0.717) is 17.9 Å². The average Bonchev–Trinajstić information content (AvgIpc) is 2.42. The van der Waals surface area contributed by atoms with Gasteiger partial charge in [-0.15, -0.1) is 0 Å². The molecule has 0 heterocycles. The standard InChI is InChI=1S/C15H23NO3/c1-6-11-9-14(18-4)15(19-5)10-12(11)13(17)7-8-16(2)3/h9-10H,6-8H2,1-5H3. The van der Waals surface area contributed by atoms with Crippen LogP contribution in [0.15, 0.2) is 12.1 Å². The Bertz CT molecular complexity index is 441. The van der Waals surface area contributed by atoms with Crippen LogP contribution in [0.5, 0.6) is 11.5 Å². The number of benzene rings is 1. The Morgan fingerprint density at radius 3 is 2.21 bits per heavy atom. The number of methoxy groups -OCH3 is 2. The van der Waals surface area contributed by atoms with Crippen molar-refractivity contribution in [3.8, 4) is 11.5 Å². The molecule has 0 aliphatic heterocycles. The normalized spacial score (nSPS) is 10.6. The zero-order valence-electron chi connectivity index (χ0n) is 12.4. The molecule has 4 heteroatoms. The summed E-state index contributed by atoms with van der Waals surface area (Å²) >= 11 is 0. The molecule has 106 valence electrons. The summed E-state index contributed by atoms with van der Waals surface area (Å²) < 4.78 is 10.5. The maximum atomic E-state index is 12.3. The minimum absolute atomic E-state index is 0.145. The summed E-state index contributed by atoms with van der Waals surface area (Å²) in [5, 5.41) is 0. The molecule has 19 heavy (non-hydrogen) atoms. The average molecular weight is 265 g/mol. The monoisotopic (exact) mass is 265 g/mol. The number of ketones is 1. The Morgan fingerprint density at radius 2 is 1.74 bits per heavy atom. The summed E-state index contributed by atoms with van der Waals surface area (Å²) in [6, 6.07) is 3.68. The quantitative estimate of drug-likeness (QED) is 0.710. The predicted molar refractivity (Wildman–Crippen MR) is 76.4 cm³/mol. The van der Waals surface area contributed by atoms with Crippen molar-refractivity contribution in [2.24, 2.45) is 0 Å². The van der Waals surface area contributed by atoms with E-state index >= 15 is 0 Å². The molecule has 0 aliphatic rings. The predicted octanol–water partition coefficient (Wildman–Crippen LogP) is 2.40. The summed E-state index contributed by atoms with van der Waals surface area (Å²) in [5.74, 6) is 1.42. The van der Waals surface area contributed by atoms with Gasteiger partial charge >= 0.3 is 0 Å². The summed E-state index contributed by atoms with van der Waals surface area (Å²) in [4.78, 5) is 14.3. The van der Waals surface area contributed by atoms with Gasteiger partial charge in [0.25, 0.3) is 0 Å². The minimum Gasteiger partial charge on any atom is -0.493 e. The Kier molecular flexibility index (Phi) is 5.83. The summed E-state index contributed by atoms with van der Waals surface area (Å²) in [5.41, 5.74) is 1.74. The highest BCUT2D eigenvalue weighted by atomic mass is 16.5. The van der Waals surface area contributed by atoms with Crippen molar-refractivity contribution in [3.05, 3.63) is 23.3 Å². The molecule has 1 aromatic carbocycles. The van der Waals surface area contributed by atoms with E-state index in [9.17, 15) is 4.79 Å². The van der Waals surface area contributed by atoms with Crippen molar-refractivity contribution in [3.63, 3.8) is 0 Å². The number of carbonyl (C=O) groups excluding carboxylic acids is 1. The van der Waals surface area contributed by atoms with E-state index in [0.717, 1.165) is 24.1 Å². The molecule has 1 aromatic rings. The van der Waals surface area contributed by atoms with E-state index in [1.54, 1.807) is 20.3 Å². The molecule has 0 saturated carbocycles.